The average Bonchev–Trinajstić information content (AvgIpc) is 3.00. The smallest absolute Gasteiger partial charge is 0.272 e. The van der Waals surface area contributed by atoms with Crippen molar-refractivity contribution >= 4 is 11.7 Å². The van der Waals surface area contributed by atoms with Crippen LogP contribution in [-0.2, 0) is 0 Å². The summed E-state index contributed by atoms with van der Waals surface area (Å²) in [5.41, 5.74) is 0.553. The predicted octanol–water partition coefficient (Wildman–Crippen LogP) is 2.26. The minimum Gasteiger partial charge on any atom is -0.356 e. The highest BCUT2D eigenvalue weighted by Crippen LogP contribution is 2.22. The van der Waals surface area contributed by atoms with Crippen LogP contribution in [0.2, 0.25) is 0 Å². The molecular weight excluding hydrogens is 264 g/mol. The summed E-state index contributed by atoms with van der Waals surface area (Å²) >= 11 is 0. The monoisotopic (exact) mass is 288 g/mol. The molecule has 1 amide bonds. The normalized spacial score (nSPS) is 22.7. The Morgan fingerprint density at radius 3 is 2.67 bits per heavy atom. The average molecular weight is 288 g/mol. The van der Waals surface area contributed by atoms with Crippen LogP contribution in [0.5, 0.6) is 0 Å². The molecule has 3 rings (SSSR count). The van der Waals surface area contributed by atoms with Gasteiger partial charge in [-0.25, -0.2) is 9.97 Å². The highest BCUT2D eigenvalue weighted by molar-refractivity contribution is 5.93. The molecule has 2 fully saturated rings. The maximum atomic E-state index is 12.5. The first kappa shape index (κ1) is 14.3. The Hall–Kier alpha value is -1.65. The topological polar surface area (TPSA) is 49.3 Å². The summed E-state index contributed by atoms with van der Waals surface area (Å²) in [4.78, 5) is 25.6. The third-order valence-corrected chi connectivity index (χ3v) is 4.42. The lowest BCUT2D eigenvalue weighted by atomic mass is 10.0. The number of carbonyl (C=O) groups is 1. The van der Waals surface area contributed by atoms with Gasteiger partial charge in [-0.05, 0) is 38.5 Å². The molecule has 21 heavy (non-hydrogen) atoms. The molecule has 5 heteroatoms. The number of hydrogen-bond acceptors (Lipinski definition) is 4. The van der Waals surface area contributed by atoms with Gasteiger partial charge in [0.2, 0.25) is 0 Å². The zero-order chi connectivity index (χ0) is 14.8. The quantitative estimate of drug-likeness (QED) is 0.837. The third kappa shape index (κ3) is 3.17. The SMILES string of the molecule is Cc1nc(C(=O)N2CCCC2)cc(N2CCC[C@H](C)C2)n1. The molecule has 1 aromatic rings. The van der Waals surface area contributed by atoms with Crippen molar-refractivity contribution in [1.29, 1.82) is 0 Å². The van der Waals surface area contributed by atoms with E-state index in [1.165, 1.54) is 12.8 Å². The van der Waals surface area contributed by atoms with Gasteiger partial charge < -0.3 is 9.80 Å². The molecule has 0 bridgehead atoms. The van der Waals surface area contributed by atoms with Crippen LogP contribution in [0, 0.1) is 12.8 Å². The molecule has 0 unspecified atom stereocenters. The van der Waals surface area contributed by atoms with Crippen molar-refractivity contribution in [3.63, 3.8) is 0 Å². The second-order valence-corrected chi connectivity index (χ2v) is 6.35. The number of nitrogens with zero attached hydrogens (tertiary/aromatic N) is 4. The van der Waals surface area contributed by atoms with Crippen molar-refractivity contribution in [2.75, 3.05) is 31.1 Å². The van der Waals surface area contributed by atoms with E-state index in [2.05, 4.69) is 21.8 Å². The van der Waals surface area contributed by atoms with Gasteiger partial charge in [-0.3, -0.25) is 4.79 Å². The minimum absolute atomic E-state index is 0.0595. The molecule has 2 aliphatic heterocycles. The molecule has 2 aliphatic rings. The maximum Gasteiger partial charge on any atom is 0.272 e. The molecule has 2 saturated heterocycles. The first-order valence-electron chi connectivity index (χ1n) is 8.03. The van der Waals surface area contributed by atoms with E-state index in [0.29, 0.717) is 17.4 Å². The Balaban J connectivity index is 1.83. The summed E-state index contributed by atoms with van der Waals surface area (Å²) in [6, 6.07) is 1.88. The number of aryl methyl sites for hydroxylation is 1. The van der Waals surface area contributed by atoms with Gasteiger partial charge >= 0.3 is 0 Å². The number of hydrogen-bond donors (Lipinski definition) is 0. The van der Waals surface area contributed by atoms with Gasteiger partial charge in [0, 0.05) is 32.2 Å². The van der Waals surface area contributed by atoms with E-state index in [9.17, 15) is 4.79 Å². The van der Waals surface area contributed by atoms with Gasteiger partial charge in [0.05, 0.1) is 0 Å². The van der Waals surface area contributed by atoms with Gasteiger partial charge in [-0.2, -0.15) is 0 Å². The fourth-order valence-corrected chi connectivity index (χ4v) is 3.30. The largest absolute Gasteiger partial charge is 0.356 e. The van der Waals surface area contributed by atoms with E-state index < -0.39 is 0 Å². The zero-order valence-electron chi connectivity index (χ0n) is 13.0. The summed E-state index contributed by atoms with van der Waals surface area (Å²) in [5.74, 6) is 2.35. The van der Waals surface area contributed by atoms with Crippen LogP contribution in [0.3, 0.4) is 0 Å². The molecule has 1 atom stereocenters. The highest BCUT2D eigenvalue weighted by Gasteiger charge is 2.23. The molecular formula is C16H24N4O. The van der Waals surface area contributed by atoms with E-state index in [4.69, 9.17) is 0 Å². The molecule has 5 nitrogen and oxygen atoms in total. The summed E-state index contributed by atoms with van der Waals surface area (Å²) in [6.45, 7) is 7.91. The molecule has 0 saturated carbocycles. The second-order valence-electron chi connectivity index (χ2n) is 6.35. The fraction of sp³-hybridized carbons (Fsp3) is 0.688. The first-order chi connectivity index (χ1) is 10.1. The van der Waals surface area contributed by atoms with Gasteiger partial charge in [-0.15, -0.1) is 0 Å². The molecule has 1 aromatic heterocycles. The van der Waals surface area contributed by atoms with Crippen molar-refractivity contribution in [2.24, 2.45) is 5.92 Å². The van der Waals surface area contributed by atoms with Crippen LogP contribution in [-0.4, -0.2) is 47.0 Å². The standard InChI is InChI=1S/C16H24N4O/c1-12-6-5-9-20(11-12)15-10-14(17-13(2)18-15)16(21)19-7-3-4-8-19/h10,12H,3-9,11H2,1-2H3/t12-/m0/s1. The lowest BCUT2D eigenvalue weighted by Gasteiger charge is -2.32. The summed E-state index contributed by atoms with van der Waals surface area (Å²) in [6.07, 6.45) is 4.68. The lowest BCUT2D eigenvalue weighted by Crippen LogP contribution is -2.35. The second kappa shape index (κ2) is 6.00. The van der Waals surface area contributed by atoms with Crippen LogP contribution in [0.15, 0.2) is 6.07 Å². The van der Waals surface area contributed by atoms with E-state index in [1.807, 2.05) is 17.9 Å². The van der Waals surface area contributed by atoms with Crippen molar-refractivity contribution < 1.29 is 4.79 Å². The maximum absolute atomic E-state index is 12.5. The Labute approximate surface area is 126 Å². The molecule has 0 aliphatic carbocycles. The molecule has 0 N–H and O–H groups in total. The number of anilines is 1. The number of piperidine rings is 1. The van der Waals surface area contributed by atoms with Crippen LogP contribution < -0.4 is 4.90 Å². The summed E-state index contributed by atoms with van der Waals surface area (Å²) < 4.78 is 0. The Morgan fingerprint density at radius 1 is 1.19 bits per heavy atom. The van der Waals surface area contributed by atoms with Crippen LogP contribution in [0.25, 0.3) is 0 Å². The van der Waals surface area contributed by atoms with E-state index in [-0.39, 0.29) is 5.91 Å². The fourth-order valence-electron chi connectivity index (χ4n) is 3.30. The number of aromatic nitrogens is 2. The minimum atomic E-state index is 0.0595. The zero-order valence-corrected chi connectivity index (χ0v) is 13.0. The van der Waals surface area contributed by atoms with Crippen molar-refractivity contribution in [3.8, 4) is 0 Å². The summed E-state index contributed by atoms with van der Waals surface area (Å²) in [5, 5.41) is 0. The third-order valence-electron chi connectivity index (χ3n) is 4.42. The number of likely N-dealkylation sites (tertiary alicyclic amines) is 1. The van der Waals surface area contributed by atoms with E-state index >= 15 is 0 Å². The van der Waals surface area contributed by atoms with E-state index in [1.54, 1.807) is 0 Å². The first-order valence-corrected chi connectivity index (χ1v) is 8.03. The number of carbonyl (C=O) groups excluding carboxylic acids is 1. The van der Waals surface area contributed by atoms with Crippen molar-refractivity contribution in [2.45, 2.75) is 39.5 Å². The van der Waals surface area contributed by atoms with Gasteiger partial charge in [0.1, 0.15) is 17.3 Å². The predicted molar refractivity (Wildman–Crippen MR) is 82.5 cm³/mol. The summed E-state index contributed by atoms with van der Waals surface area (Å²) in [7, 11) is 0. The van der Waals surface area contributed by atoms with Crippen molar-refractivity contribution in [3.05, 3.63) is 17.6 Å². The Kier molecular flexibility index (Phi) is 4.08. The van der Waals surface area contributed by atoms with E-state index in [0.717, 1.165) is 44.8 Å². The highest BCUT2D eigenvalue weighted by atomic mass is 16.2. The molecule has 0 aromatic carbocycles. The van der Waals surface area contributed by atoms with Gasteiger partial charge in [-0.1, -0.05) is 6.92 Å². The molecule has 0 radical (unpaired) electrons. The molecule has 3 heterocycles. The van der Waals surface area contributed by atoms with Crippen LogP contribution in [0.1, 0.15) is 48.9 Å². The molecule has 0 spiro atoms. The Bertz CT molecular complexity index is 525. The van der Waals surface area contributed by atoms with Crippen molar-refractivity contribution in [1.82, 2.24) is 14.9 Å². The number of rotatable bonds is 2. The lowest BCUT2D eigenvalue weighted by molar-refractivity contribution is 0.0786. The van der Waals surface area contributed by atoms with Crippen LogP contribution in [0.4, 0.5) is 5.82 Å². The van der Waals surface area contributed by atoms with Gasteiger partial charge in [0.25, 0.3) is 5.91 Å². The van der Waals surface area contributed by atoms with Crippen LogP contribution >= 0.6 is 0 Å². The Morgan fingerprint density at radius 2 is 1.95 bits per heavy atom. The van der Waals surface area contributed by atoms with Gasteiger partial charge in [0.15, 0.2) is 0 Å². The number of amides is 1. The molecule has 114 valence electrons.